The molecule has 110 valence electrons. The zero-order valence-electron chi connectivity index (χ0n) is 12.4. The van der Waals surface area contributed by atoms with E-state index in [-0.39, 0.29) is 24.4 Å². The lowest BCUT2D eigenvalue weighted by Gasteiger charge is -2.21. The summed E-state index contributed by atoms with van der Waals surface area (Å²) in [6.45, 7) is 7.11. The first-order chi connectivity index (χ1) is 9.01. The van der Waals surface area contributed by atoms with Gasteiger partial charge in [-0.25, -0.2) is 0 Å². The van der Waals surface area contributed by atoms with E-state index < -0.39 is 0 Å². The predicted octanol–water partition coefficient (Wildman–Crippen LogP) is 0.892. The Labute approximate surface area is 116 Å². The van der Waals surface area contributed by atoms with Crippen LogP contribution in [0.4, 0.5) is 0 Å². The predicted molar refractivity (Wildman–Crippen MR) is 75.8 cm³/mol. The zero-order chi connectivity index (χ0) is 14.3. The van der Waals surface area contributed by atoms with Gasteiger partial charge in [-0.15, -0.1) is 0 Å². The average Bonchev–Trinajstić information content (AvgIpc) is 2.79. The van der Waals surface area contributed by atoms with Crippen LogP contribution in [-0.2, 0) is 9.59 Å². The third-order valence-electron chi connectivity index (χ3n) is 3.35. The smallest absolute Gasteiger partial charge is 0.234 e. The Bertz CT molecular complexity index is 299. The lowest BCUT2D eigenvalue weighted by atomic mass is 10.2. The SMILES string of the molecule is CCN(CC(=O)NC(C)C)CC(=O)NC1CCCC1. The van der Waals surface area contributed by atoms with Gasteiger partial charge in [0.1, 0.15) is 0 Å². The van der Waals surface area contributed by atoms with Gasteiger partial charge in [-0.1, -0.05) is 19.8 Å². The number of hydrogen-bond acceptors (Lipinski definition) is 3. The number of amides is 2. The number of carbonyl (C=O) groups is 2. The Morgan fingerprint density at radius 1 is 1.16 bits per heavy atom. The van der Waals surface area contributed by atoms with Crippen LogP contribution in [0.3, 0.4) is 0 Å². The molecule has 0 heterocycles. The van der Waals surface area contributed by atoms with Crippen LogP contribution < -0.4 is 10.6 Å². The number of carbonyl (C=O) groups excluding carboxylic acids is 2. The van der Waals surface area contributed by atoms with E-state index in [9.17, 15) is 9.59 Å². The van der Waals surface area contributed by atoms with Gasteiger partial charge in [0.25, 0.3) is 0 Å². The minimum atomic E-state index is -0.0227. The van der Waals surface area contributed by atoms with E-state index in [4.69, 9.17) is 0 Å². The maximum atomic E-state index is 11.9. The van der Waals surface area contributed by atoms with Crippen molar-refractivity contribution in [2.45, 2.75) is 58.5 Å². The van der Waals surface area contributed by atoms with Gasteiger partial charge in [-0.05, 0) is 33.2 Å². The second kappa shape index (κ2) is 8.15. The minimum Gasteiger partial charge on any atom is -0.353 e. The normalized spacial score (nSPS) is 16.1. The molecular formula is C14H27N3O2. The number of hydrogen-bond donors (Lipinski definition) is 2. The Hall–Kier alpha value is -1.10. The van der Waals surface area contributed by atoms with Crippen molar-refractivity contribution in [3.63, 3.8) is 0 Å². The molecule has 0 bridgehead atoms. The molecule has 0 unspecified atom stereocenters. The first-order valence-corrected chi connectivity index (χ1v) is 7.32. The van der Waals surface area contributed by atoms with E-state index in [1.165, 1.54) is 12.8 Å². The van der Waals surface area contributed by atoms with Crippen molar-refractivity contribution in [1.29, 1.82) is 0 Å². The quantitative estimate of drug-likeness (QED) is 0.721. The lowest BCUT2D eigenvalue weighted by Crippen LogP contribution is -2.45. The molecule has 0 radical (unpaired) electrons. The highest BCUT2D eigenvalue weighted by Crippen LogP contribution is 2.17. The number of rotatable bonds is 7. The summed E-state index contributed by atoms with van der Waals surface area (Å²) in [5.41, 5.74) is 0. The van der Waals surface area contributed by atoms with E-state index in [0.717, 1.165) is 12.8 Å². The fraction of sp³-hybridized carbons (Fsp3) is 0.857. The van der Waals surface area contributed by atoms with Crippen LogP contribution in [0.1, 0.15) is 46.5 Å². The third-order valence-corrected chi connectivity index (χ3v) is 3.35. The van der Waals surface area contributed by atoms with Crippen LogP contribution >= 0.6 is 0 Å². The largest absolute Gasteiger partial charge is 0.353 e. The molecule has 1 aliphatic rings. The lowest BCUT2D eigenvalue weighted by molar-refractivity contribution is -0.125. The van der Waals surface area contributed by atoms with Crippen molar-refractivity contribution in [3.8, 4) is 0 Å². The Balaban J connectivity index is 2.29. The molecule has 0 aromatic carbocycles. The van der Waals surface area contributed by atoms with Crippen molar-refractivity contribution >= 4 is 11.8 Å². The summed E-state index contributed by atoms with van der Waals surface area (Å²) < 4.78 is 0. The van der Waals surface area contributed by atoms with Crippen molar-refractivity contribution in [2.24, 2.45) is 0 Å². The fourth-order valence-electron chi connectivity index (χ4n) is 2.40. The molecule has 2 amide bonds. The second-order valence-electron chi connectivity index (χ2n) is 5.57. The fourth-order valence-corrected chi connectivity index (χ4v) is 2.40. The van der Waals surface area contributed by atoms with Crippen LogP contribution in [-0.4, -0.2) is 48.4 Å². The molecule has 5 nitrogen and oxygen atoms in total. The van der Waals surface area contributed by atoms with Crippen molar-refractivity contribution in [2.75, 3.05) is 19.6 Å². The number of likely N-dealkylation sites (N-methyl/N-ethyl adjacent to an activating group) is 1. The summed E-state index contributed by atoms with van der Waals surface area (Å²) in [6.07, 6.45) is 4.59. The van der Waals surface area contributed by atoms with Crippen molar-refractivity contribution in [3.05, 3.63) is 0 Å². The Morgan fingerprint density at radius 3 is 2.26 bits per heavy atom. The maximum absolute atomic E-state index is 11.9. The molecule has 1 saturated carbocycles. The van der Waals surface area contributed by atoms with E-state index >= 15 is 0 Å². The standard InChI is InChI=1S/C14H27N3O2/c1-4-17(9-13(18)15-11(2)3)10-14(19)16-12-7-5-6-8-12/h11-12H,4-10H2,1-3H3,(H,15,18)(H,16,19). The van der Waals surface area contributed by atoms with Gasteiger partial charge in [0, 0.05) is 12.1 Å². The molecule has 1 aliphatic carbocycles. The molecule has 0 aromatic rings. The van der Waals surface area contributed by atoms with Crippen LogP contribution in [0.2, 0.25) is 0 Å². The van der Waals surface area contributed by atoms with E-state index in [1.807, 2.05) is 25.7 Å². The Morgan fingerprint density at radius 2 is 1.74 bits per heavy atom. The summed E-state index contributed by atoms with van der Waals surface area (Å²) in [4.78, 5) is 25.4. The molecule has 0 aliphatic heterocycles. The average molecular weight is 269 g/mol. The molecular weight excluding hydrogens is 242 g/mol. The van der Waals surface area contributed by atoms with Gasteiger partial charge in [0.2, 0.25) is 11.8 Å². The van der Waals surface area contributed by atoms with Gasteiger partial charge >= 0.3 is 0 Å². The Kier molecular flexibility index (Phi) is 6.84. The summed E-state index contributed by atoms with van der Waals surface area (Å²) in [7, 11) is 0. The highest BCUT2D eigenvalue weighted by atomic mass is 16.2. The second-order valence-corrected chi connectivity index (χ2v) is 5.57. The van der Waals surface area contributed by atoms with Crippen LogP contribution in [0.25, 0.3) is 0 Å². The molecule has 5 heteroatoms. The van der Waals surface area contributed by atoms with Gasteiger partial charge in [-0.2, -0.15) is 0 Å². The molecule has 0 aromatic heterocycles. The monoisotopic (exact) mass is 269 g/mol. The molecule has 1 rings (SSSR count). The van der Waals surface area contributed by atoms with E-state index in [0.29, 0.717) is 19.1 Å². The van der Waals surface area contributed by atoms with E-state index in [2.05, 4.69) is 10.6 Å². The third kappa shape index (κ3) is 6.57. The molecule has 0 saturated heterocycles. The van der Waals surface area contributed by atoms with Crippen LogP contribution in [0.5, 0.6) is 0 Å². The van der Waals surface area contributed by atoms with Crippen LogP contribution in [0, 0.1) is 0 Å². The maximum Gasteiger partial charge on any atom is 0.234 e. The first kappa shape index (κ1) is 16.0. The zero-order valence-corrected chi connectivity index (χ0v) is 12.4. The summed E-state index contributed by atoms with van der Waals surface area (Å²) >= 11 is 0. The highest BCUT2D eigenvalue weighted by molar-refractivity contribution is 5.81. The number of nitrogens with zero attached hydrogens (tertiary/aromatic N) is 1. The van der Waals surface area contributed by atoms with Gasteiger partial charge in [-0.3, -0.25) is 14.5 Å². The summed E-state index contributed by atoms with van der Waals surface area (Å²) in [6, 6.07) is 0.481. The van der Waals surface area contributed by atoms with Crippen molar-refractivity contribution < 1.29 is 9.59 Å². The van der Waals surface area contributed by atoms with Crippen LogP contribution in [0.15, 0.2) is 0 Å². The summed E-state index contributed by atoms with van der Waals surface area (Å²) in [5, 5.41) is 5.89. The van der Waals surface area contributed by atoms with Gasteiger partial charge < -0.3 is 10.6 Å². The number of nitrogens with one attached hydrogen (secondary N) is 2. The highest BCUT2D eigenvalue weighted by Gasteiger charge is 2.19. The molecule has 2 N–H and O–H groups in total. The van der Waals surface area contributed by atoms with Gasteiger partial charge in [0.15, 0.2) is 0 Å². The van der Waals surface area contributed by atoms with Crippen molar-refractivity contribution in [1.82, 2.24) is 15.5 Å². The molecule has 1 fully saturated rings. The summed E-state index contributed by atoms with van der Waals surface area (Å²) in [5.74, 6) is 0.0108. The first-order valence-electron chi connectivity index (χ1n) is 7.32. The topological polar surface area (TPSA) is 61.4 Å². The minimum absolute atomic E-state index is 0.0227. The molecule has 0 spiro atoms. The van der Waals surface area contributed by atoms with E-state index in [1.54, 1.807) is 0 Å². The van der Waals surface area contributed by atoms with Gasteiger partial charge in [0.05, 0.1) is 13.1 Å². The molecule has 19 heavy (non-hydrogen) atoms. The molecule has 0 atom stereocenters.